The summed E-state index contributed by atoms with van der Waals surface area (Å²) in [5.74, 6) is 0.533. The van der Waals surface area contributed by atoms with Crippen LogP contribution in [0.25, 0.3) is 0 Å². The van der Waals surface area contributed by atoms with E-state index >= 15 is 0 Å². The smallest absolute Gasteiger partial charge is 0.0994 e. The second kappa shape index (κ2) is 4.77. The van der Waals surface area contributed by atoms with Crippen LogP contribution in [0.15, 0.2) is 12.1 Å². The molecule has 3 heteroatoms. The van der Waals surface area contributed by atoms with Gasteiger partial charge in [0.1, 0.15) is 0 Å². The van der Waals surface area contributed by atoms with Crippen LogP contribution >= 0.6 is 0 Å². The van der Waals surface area contributed by atoms with E-state index in [0.29, 0.717) is 12.0 Å². The molecule has 2 atom stereocenters. The van der Waals surface area contributed by atoms with Crippen LogP contribution in [0.4, 0.5) is 5.69 Å². The van der Waals surface area contributed by atoms with Crippen LogP contribution in [0.1, 0.15) is 23.6 Å². The third-order valence-corrected chi connectivity index (χ3v) is 3.61. The first-order valence-electron chi connectivity index (χ1n) is 5.98. The van der Waals surface area contributed by atoms with E-state index in [1.165, 1.54) is 0 Å². The summed E-state index contributed by atoms with van der Waals surface area (Å²) in [6.45, 7) is 7.83. The summed E-state index contributed by atoms with van der Waals surface area (Å²) in [4.78, 5) is 0. The van der Waals surface area contributed by atoms with E-state index < -0.39 is 0 Å². The highest BCUT2D eigenvalue weighted by Gasteiger charge is 2.24. The van der Waals surface area contributed by atoms with Crippen molar-refractivity contribution < 1.29 is 4.74 Å². The van der Waals surface area contributed by atoms with E-state index in [2.05, 4.69) is 25.2 Å². The van der Waals surface area contributed by atoms with Crippen molar-refractivity contribution in [2.75, 3.05) is 18.5 Å². The maximum absolute atomic E-state index is 8.97. The summed E-state index contributed by atoms with van der Waals surface area (Å²) < 4.78 is 5.44. The first-order valence-corrected chi connectivity index (χ1v) is 5.98. The van der Waals surface area contributed by atoms with Crippen LogP contribution in [0.5, 0.6) is 0 Å². The number of benzene rings is 1. The zero-order valence-electron chi connectivity index (χ0n) is 10.6. The summed E-state index contributed by atoms with van der Waals surface area (Å²) >= 11 is 0. The Bertz CT molecular complexity index is 462. The molecule has 1 aromatic rings. The molecule has 90 valence electrons. The molecule has 1 aliphatic rings. The van der Waals surface area contributed by atoms with Gasteiger partial charge in [-0.25, -0.2) is 0 Å². The molecule has 3 nitrogen and oxygen atoms in total. The SMILES string of the molecule is Cc1c(C#N)ccc(NC2COCC2C)c1C. The molecule has 0 bridgehead atoms. The summed E-state index contributed by atoms with van der Waals surface area (Å²) in [5.41, 5.74) is 4.08. The minimum atomic E-state index is 0.376. The maximum Gasteiger partial charge on any atom is 0.0994 e. The van der Waals surface area contributed by atoms with Gasteiger partial charge in [-0.05, 0) is 37.1 Å². The lowest BCUT2D eigenvalue weighted by Gasteiger charge is -2.19. The molecule has 0 spiro atoms. The molecule has 1 heterocycles. The van der Waals surface area contributed by atoms with Crippen LogP contribution in [0.2, 0.25) is 0 Å². The largest absolute Gasteiger partial charge is 0.379 e. The van der Waals surface area contributed by atoms with Crippen molar-refractivity contribution in [3.8, 4) is 6.07 Å². The third kappa shape index (κ3) is 2.27. The molecule has 1 fully saturated rings. The van der Waals surface area contributed by atoms with Gasteiger partial charge in [-0.1, -0.05) is 6.92 Å². The molecule has 1 aromatic carbocycles. The van der Waals surface area contributed by atoms with Crippen molar-refractivity contribution in [2.45, 2.75) is 26.8 Å². The van der Waals surface area contributed by atoms with Gasteiger partial charge in [0.15, 0.2) is 0 Å². The molecule has 2 rings (SSSR count). The van der Waals surface area contributed by atoms with E-state index in [0.717, 1.165) is 35.6 Å². The zero-order chi connectivity index (χ0) is 12.4. The average molecular weight is 230 g/mol. The van der Waals surface area contributed by atoms with Crippen LogP contribution in [0.3, 0.4) is 0 Å². The Kier molecular flexibility index (Phi) is 3.35. The van der Waals surface area contributed by atoms with E-state index in [1.807, 2.05) is 19.1 Å². The van der Waals surface area contributed by atoms with Crippen LogP contribution < -0.4 is 5.32 Å². The van der Waals surface area contributed by atoms with Gasteiger partial charge in [0.05, 0.1) is 30.9 Å². The van der Waals surface area contributed by atoms with Crippen molar-refractivity contribution in [1.82, 2.24) is 0 Å². The summed E-state index contributed by atoms with van der Waals surface area (Å²) in [5, 5.41) is 12.5. The zero-order valence-corrected chi connectivity index (χ0v) is 10.6. The van der Waals surface area contributed by atoms with E-state index in [1.54, 1.807) is 0 Å². The minimum absolute atomic E-state index is 0.376. The van der Waals surface area contributed by atoms with E-state index in [4.69, 9.17) is 10.00 Å². The lowest BCUT2D eigenvalue weighted by atomic mass is 10.0. The minimum Gasteiger partial charge on any atom is -0.379 e. The van der Waals surface area contributed by atoms with Gasteiger partial charge in [0, 0.05) is 11.6 Å². The predicted octanol–water partition coefficient (Wildman–Crippen LogP) is 2.62. The molecule has 0 amide bonds. The van der Waals surface area contributed by atoms with Gasteiger partial charge in [-0.15, -0.1) is 0 Å². The van der Waals surface area contributed by atoms with Gasteiger partial charge >= 0.3 is 0 Å². The van der Waals surface area contributed by atoms with Crippen molar-refractivity contribution in [3.05, 3.63) is 28.8 Å². The molecule has 0 saturated carbocycles. The fraction of sp³-hybridized carbons (Fsp3) is 0.500. The van der Waals surface area contributed by atoms with Crippen molar-refractivity contribution in [2.24, 2.45) is 5.92 Å². The molecule has 2 unspecified atom stereocenters. The molecule has 0 radical (unpaired) electrons. The van der Waals surface area contributed by atoms with Crippen molar-refractivity contribution in [3.63, 3.8) is 0 Å². The molecule has 0 aromatic heterocycles. The molecular formula is C14H18N2O. The van der Waals surface area contributed by atoms with Gasteiger partial charge in [-0.2, -0.15) is 5.26 Å². The lowest BCUT2D eigenvalue weighted by Crippen LogP contribution is -2.26. The Morgan fingerprint density at radius 2 is 2.06 bits per heavy atom. The fourth-order valence-electron chi connectivity index (χ4n) is 2.14. The third-order valence-electron chi connectivity index (χ3n) is 3.61. The number of nitrogens with one attached hydrogen (secondary N) is 1. The first kappa shape index (κ1) is 11.9. The van der Waals surface area contributed by atoms with Gasteiger partial charge < -0.3 is 10.1 Å². The Hall–Kier alpha value is -1.53. The van der Waals surface area contributed by atoms with Gasteiger partial charge in [0.2, 0.25) is 0 Å². The summed E-state index contributed by atoms with van der Waals surface area (Å²) in [6.07, 6.45) is 0. The summed E-state index contributed by atoms with van der Waals surface area (Å²) in [7, 11) is 0. The molecule has 0 aliphatic carbocycles. The Balaban J connectivity index is 2.22. The number of hydrogen-bond donors (Lipinski definition) is 1. The van der Waals surface area contributed by atoms with Crippen LogP contribution in [-0.2, 0) is 4.74 Å². The molecule has 1 aliphatic heterocycles. The number of hydrogen-bond acceptors (Lipinski definition) is 3. The second-order valence-corrected chi connectivity index (χ2v) is 4.79. The standard InChI is InChI=1S/C14H18N2O/c1-9-7-17-8-14(9)16-13-5-4-12(6-15)10(2)11(13)3/h4-5,9,14,16H,7-8H2,1-3H3. The highest BCUT2D eigenvalue weighted by molar-refractivity contribution is 5.59. The number of rotatable bonds is 2. The van der Waals surface area contributed by atoms with Crippen LogP contribution in [0, 0.1) is 31.1 Å². The molecular weight excluding hydrogens is 212 g/mol. The predicted molar refractivity (Wildman–Crippen MR) is 68.0 cm³/mol. The van der Waals surface area contributed by atoms with E-state index in [9.17, 15) is 0 Å². The highest BCUT2D eigenvalue weighted by atomic mass is 16.5. The average Bonchev–Trinajstić information content (AvgIpc) is 2.71. The second-order valence-electron chi connectivity index (χ2n) is 4.79. The number of ether oxygens (including phenoxy) is 1. The Labute approximate surface area is 102 Å². The normalized spacial score (nSPS) is 23.4. The topological polar surface area (TPSA) is 45.0 Å². The van der Waals surface area contributed by atoms with E-state index in [-0.39, 0.29) is 0 Å². The number of nitriles is 1. The van der Waals surface area contributed by atoms with Gasteiger partial charge in [0.25, 0.3) is 0 Å². The molecule has 17 heavy (non-hydrogen) atoms. The number of anilines is 1. The van der Waals surface area contributed by atoms with Gasteiger partial charge in [-0.3, -0.25) is 0 Å². The lowest BCUT2D eigenvalue weighted by molar-refractivity contribution is 0.187. The van der Waals surface area contributed by atoms with Crippen LogP contribution in [-0.4, -0.2) is 19.3 Å². The fourth-order valence-corrected chi connectivity index (χ4v) is 2.14. The first-order chi connectivity index (χ1) is 8.13. The molecule has 1 saturated heterocycles. The Morgan fingerprint density at radius 1 is 1.29 bits per heavy atom. The number of nitrogens with zero attached hydrogens (tertiary/aromatic N) is 1. The highest BCUT2D eigenvalue weighted by Crippen LogP contribution is 2.25. The monoisotopic (exact) mass is 230 g/mol. The Morgan fingerprint density at radius 3 is 2.65 bits per heavy atom. The summed E-state index contributed by atoms with van der Waals surface area (Å²) in [6, 6.07) is 6.46. The van der Waals surface area contributed by atoms with Crippen molar-refractivity contribution >= 4 is 5.69 Å². The maximum atomic E-state index is 8.97. The van der Waals surface area contributed by atoms with Crippen molar-refractivity contribution in [1.29, 1.82) is 5.26 Å². The molecule has 1 N–H and O–H groups in total. The quantitative estimate of drug-likeness (QED) is 0.849.